The Morgan fingerprint density at radius 2 is 1.97 bits per heavy atom. The number of carbonyl (C=O) groups excluding carboxylic acids is 2. The predicted octanol–water partition coefficient (Wildman–Crippen LogP) is 2.10. The largest absolute Gasteiger partial charge is 0.489 e. The second-order valence-corrected chi connectivity index (χ2v) is 10.3. The van der Waals surface area contributed by atoms with Crippen molar-refractivity contribution in [3.63, 3.8) is 0 Å². The van der Waals surface area contributed by atoms with Crippen molar-refractivity contribution in [3.8, 4) is 11.5 Å². The molecule has 2 amide bonds. The molecule has 0 bridgehead atoms. The average Bonchev–Trinajstić information content (AvgIpc) is 3.17. The lowest BCUT2D eigenvalue weighted by molar-refractivity contribution is -0.0835. The third-order valence-electron chi connectivity index (χ3n) is 6.68. The van der Waals surface area contributed by atoms with Crippen LogP contribution in [-0.4, -0.2) is 55.9 Å². The summed E-state index contributed by atoms with van der Waals surface area (Å²) in [5, 5.41) is 17.2. The molecule has 0 aliphatic heterocycles. The molecule has 2 saturated carbocycles. The summed E-state index contributed by atoms with van der Waals surface area (Å²) in [6.07, 6.45) is 9.82. The van der Waals surface area contributed by atoms with Crippen molar-refractivity contribution < 1.29 is 24.2 Å². The summed E-state index contributed by atoms with van der Waals surface area (Å²) in [6.45, 7) is 3.49. The van der Waals surface area contributed by atoms with E-state index in [4.69, 9.17) is 15.2 Å². The minimum atomic E-state index is -0.942. The molecule has 10 nitrogen and oxygen atoms in total. The van der Waals surface area contributed by atoms with E-state index in [0.29, 0.717) is 28.1 Å². The Balaban J connectivity index is 1.13. The Hall–Kier alpha value is -3.66. The molecule has 5 rings (SSSR count). The maximum absolute atomic E-state index is 12.9. The van der Waals surface area contributed by atoms with Gasteiger partial charge in [-0.15, -0.1) is 0 Å². The fourth-order valence-corrected chi connectivity index (χ4v) is 5.02. The van der Waals surface area contributed by atoms with Crippen LogP contribution in [0.5, 0.6) is 11.5 Å². The number of nitrogens with two attached hydrogens (primary N) is 1. The fourth-order valence-electron chi connectivity index (χ4n) is 5.02. The maximum Gasteiger partial charge on any atom is 0.255 e. The van der Waals surface area contributed by atoms with Crippen molar-refractivity contribution in [2.75, 3.05) is 6.61 Å². The van der Waals surface area contributed by atoms with Gasteiger partial charge in [0.2, 0.25) is 0 Å². The van der Waals surface area contributed by atoms with E-state index >= 15 is 0 Å². The van der Waals surface area contributed by atoms with Crippen LogP contribution in [-0.2, 0) is 0 Å². The van der Waals surface area contributed by atoms with E-state index in [-0.39, 0.29) is 30.1 Å². The first kappa shape index (κ1) is 23.1. The summed E-state index contributed by atoms with van der Waals surface area (Å²) in [7, 11) is 0. The van der Waals surface area contributed by atoms with Gasteiger partial charge in [-0.3, -0.25) is 14.6 Å². The molecule has 0 aromatic carbocycles. The van der Waals surface area contributed by atoms with Crippen molar-refractivity contribution >= 4 is 17.3 Å². The summed E-state index contributed by atoms with van der Waals surface area (Å²) in [4.78, 5) is 28.5. The standard InChI is InChI=1S/C25H29N5O5/c1-24(2,33)14-34-16-3-4-20-19(11-28-30(20)13-16)23(32)29-15-7-25(8-15)9-17(10-25)35-21-12-27-6-5-18(21)22(26)31/h3-6,11-13,15,17,33H,7-10,14H2,1-2H3,(H2,26,31)(H,29,32). The van der Waals surface area contributed by atoms with E-state index in [0.717, 1.165) is 25.7 Å². The molecule has 10 heteroatoms. The Labute approximate surface area is 202 Å². The van der Waals surface area contributed by atoms with Crippen LogP contribution in [0.4, 0.5) is 0 Å². The van der Waals surface area contributed by atoms with Gasteiger partial charge in [-0.05, 0) is 63.1 Å². The number of aromatic nitrogens is 3. The van der Waals surface area contributed by atoms with E-state index < -0.39 is 11.5 Å². The molecule has 3 heterocycles. The minimum absolute atomic E-state index is 0.0152. The van der Waals surface area contributed by atoms with Crippen LogP contribution in [0, 0.1) is 5.41 Å². The monoisotopic (exact) mass is 479 g/mol. The van der Waals surface area contributed by atoms with Crippen molar-refractivity contribution in [1.82, 2.24) is 19.9 Å². The zero-order valence-electron chi connectivity index (χ0n) is 19.7. The second kappa shape index (κ2) is 8.53. The number of rotatable bonds is 8. The highest BCUT2D eigenvalue weighted by atomic mass is 16.5. The lowest BCUT2D eigenvalue weighted by Gasteiger charge is -2.57. The van der Waals surface area contributed by atoms with E-state index in [2.05, 4.69) is 15.4 Å². The van der Waals surface area contributed by atoms with E-state index in [9.17, 15) is 14.7 Å². The summed E-state index contributed by atoms with van der Waals surface area (Å²) < 4.78 is 13.2. The molecule has 2 aliphatic rings. The maximum atomic E-state index is 12.9. The molecule has 3 aromatic rings. The average molecular weight is 480 g/mol. The molecule has 2 fully saturated rings. The van der Waals surface area contributed by atoms with Crippen molar-refractivity contribution in [3.05, 3.63) is 54.1 Å². The van der Waals surface area contributed by atoms with Crippen molar-refractivity contribution in [2.24, 2.45) is 11.1 Å². The molecule has 0 radical (unpaired) electrons. The van der Waals surface area contributed by atoms with Crippen LogP contribution < -0.4 is 20.5 Å². The van der Waals surface area contributed by atoms with Gasteiger partial charge in [0.25, 0.3) is 11.8 Å². The van der Waals surface area contributed by atoms with Crippen LogP contribution in [0.1, 0.15) is 60.2 Å². The highest BCUT2D eigenvalue weighted by Crippen LogP contribution is 2.56. The zero-order valence-corrected chi connectivity index (χ0v) is 19.7. The van der Waals surface area contributed by atoms with Crippen LogP contribution in [0.2, 0.25) is 0 Å². The second-order valence-electron chi connectivity index (χ2n) is 10.3. The van der Waals surface area contributed by atoms with Gasteiger partial charge >= 0.3 is 0 Å². The number of hydrogen-bond acceptors (Lipinski definition) is 7. The van der Waals surface area contributed by atoms with Crippen molar-refractivity contribution in [1.29, 1.82) is 0 Å². The van der Waals surface area contributed by atoms with E-state index in [1.54, 1.807) is 49.0 Å². The van der Waals surface area contributed by atoms with Crippen LogP contribution in [0.15, 0.2) is 43.0 Å². The van der Waals surface area contributed by atoms with Gasteiger partial charge in [0.15, 0.2) is 5.75 Å². The third-order valence-corrected chi connectivity index (χ3v) is 6.68. The Morgan fingerprint density at radius 1 is 1.20 bits per heavy atom. The summed E-state index contributed by atoms with van der Waals surface area (Å²) in [5.74, 6) is 0.296. The summed E-state index contributed by atoms with van der Waals surface area (Å²) in [6, 6.07) is 5.22. The van der Waals surface area contributed by atoms with Gasteiger partial charge < -0.3 is 25.6 Å². The molecule has 0 unspecified atom stereocenters. The van der Waals surface area contributed by atoms with Gasteiger partial charge in [-0.2, -0.15) is 5.10 Å². The zero-order chi connectivity index (χ0) is 24.8. The molecule has 2 aliphatic carbocycles. The summed E-state index contributed by atoms with van der Waals surface area (Å²) >= 11 is 0. The molecule has 35 heavy (non-hydrogen) atoms. The predicted molar refractivity (Wildman–Crippen MR) is 126 cm³/mol. The van der Waals surface area contributed by atoms with Crippen LogP contribution >= 0.6 is 0 Å². The molecular weight excluding hydrogens is 450 g/mol. The van der Waals surface area contributed by atoms with Gasteiger partial charge in [0.1, 0.15) is 12.4 Å². The number of carbonyl (C=O) groups is 2. The lowest BCUT2D eigenvalue weighted by Crippen LogP contribution is -2.58. The molecule has 184 valence electrons. The number of pyridine rings is 2. The molecule has 4 N–H and O–H groups in total. The first-order chi connectivity index (χ1) is 16.6. The Morgan fingerprint density at radius 3 is 2.69 bits per heavy atom. The fraction of sp³-hybridized carbons (Fsp3) is 0.440. The number of aliphatic hydroxyl groups is 1. The third kappa shape index (κ3) is 4.79. The smallest absolute Gasteiger partial charge is 0.255 e. The number of fused-ring (bicyclic) bond motifs is 1. The van der Waals surface area contributed by atoms with Gasteiger partial charge in [0, 0.05) is 12.2 Å². The molecule has 0 saturated heterocycles. The number of nitrogens with zero attached hydrogens (tertiary/aromatic N) is 3. The Kier molecular flexibility index (Phi) is 5.63. The molecule has 3 aromatic heterocycles. The van der Waals surface area contributed by atoms with E-state index in [1.165, 1.54) is 12.4 Å². The number of nitrogens with one attached hydrogen (secondary N) is 1. The van der Waals surface area contributed by atoms with Gasteiger partial charge in [-0.25, -0.2) is 4.52 Å². The molecule has 0 atom stereocenters. The van der Waals surface area contributed by atoms with Crippen LogP contribution in [0.25, 0.3) is 5.52 Å². The van der Waals surface area contributed by atoms with Gasteiger partial charge in [0.05, 0.1) is 46.9 Å². The Bertz CT molecular complexity index is 1270. The number of hydrogen-bond donors (Lipinski definition) is 3. The highest BCUT2D eigenvalue weighted by Gasteiger charge is 2.54. The first-order valence-corrected chi connectivity index (χ1v) is 11.6. The minimum Gasteiger partial charge on any atom is -0.489 e. The number of amides is 2. The first-order valence-electron chi connectivity index (χ1n) is 11.6. The quantitative estimate of drug-likeness (QED) is 0.449. The number of ether oxygens (including phenoxy) is 2. The van der Waals surface area contributed by atoms with E-state index in [1.807, 2.05) is 0 Å². The summed E-state index contributed by atoms with van der Waals surface area (Å²) in [5.41, 5.74) is 6.17. The highest BCUT2D eigenvalue weighted by molar-refractivity contribution is 6.00. The van der Waals surface area contributed by atoms with Crippen molar-refractivity contribution in [2.45, 2.75) is 57.3 Å². The normalized spacial score (nSPS) is 23.4. The lowest BCUT2D eigenvalue weighted by atomic mass is 9.53. The SMILES string of the molecule is CC(C)(O)COc1ccc2c(C(=O)NC3CC4(C3)CC(Oc3cnccc3C(N)=O)C4)cnn2c1. The molecule has 1 spiro atoms. The van der Waals surface area contributed by atoms with Crippen LogP contribution in [0.3, 0.4) is 0 Å². The van der Waals surface area contributed by atoms with Gasteiger partial charge in [-0.1, -0.05) is 0 Å². The molecular formula is C25H29N5O5. The topological polar surface area (TPSA) is 141 Å². The number of primary amides is 1.